The average molecular weight is 465 g/mol. The van der Waals surface area contributed by atoms with Crippen molar-refractivity contribution in [2.75, 3.05) is 5.32 Å². The number of aromatic nitrogens is 1. The Balaban J connectivity index is 1.42. The lowest BCUT2D eigenvalue weighted by atomic mass is 10.0. The van der Waals surface area contributed by atoms with Crippen LogP contribution in [0.2, 0.25) is 0 Å². The highest BCUT2D eigenvalue weighted by atomic mass is 16.6. The molecule has 0 radical (unpaired) electrons. The summed E-state index contributed by atoms with van der Waals surface area (Å²) in [4.78, 5) is 24.2. The van der Waals surface area contributed by atoms with Crippen molar-refractivity contribution in [3.8, 4) is 11.3 Å². The summed E-state index contributed by atoms with van der Waals surface area (Å²) in [5, 5.41) is 16.3. The first-order chi connectivity index (χ1) is 16.3. The molecule has 8 nitrogen and oxygen atoms in total. The highest BCUT2D eigenvalue weighted by Crippen LogP contribution is 2.42. The number of benzene rings is 2. The molecule has 0 aliphatic heterocycles. The number of carboxylic acid groups (broad SMARTS) is 1. The van der Waals surface area contributed by atoms with Gasteiger partial charge in [0, 0.05) is 5.56 Å². The number of ether oxygens (including phenoxy) is 2. The van der Waals surface area contributed by atoms with Crippen molar-refractivity contribution < 1.29 is 28.7 Å². The molecule has 3 aromatic rings. The van der Waals surface area contributed by atoms with Gasteiger partial charge in [0.05, 0.1) is 6.61 Å². The Hall–Kier alpha value is -3.65. The van der Waals surface area contributed by atoms with Gasteiger partial charge in [-0.3, -0.25) is 5.32 Å². The van der Waals surface area contributed by atoms with Gasteiger partial charge in [-0.1, -0.05) is 59.8 Å². The van der Waals surface area contributed by atoms with E-state index in [0.717, 1.165) is 24.0 Å². The number of hydrogen-bond donors (Lipinski definition) is 2. The van der Waals surface area contributed by atoms with Gasteiger partial charge in [-0.15, -0.1) is 0 Å². The number of anilines is 1. The third-order valence-corrected chi connectivity index (χ3v) is 6.18. The van der Waals surface area contributed by atoms with Gasteiger partial charge in [-0.2, -0.15) is 0 Å². The van der Waals surface area contributed by atoms with Crippen molar-refractivity contribution in [1.29, 1.82) is 0 Å². The Bertz CT molecular complexity index is 1150. The smallest absolute Gasteiger partial charge is 0.412 e. The first-order valence-electron chi connectivity index (χ1n) is 11.2. The van der Waals surface area contributed by atoms with Gasteiger partial charge in [0.15, 0.2) is 11.4 Å². The highest BCUT2D eigenvalue weighted by Gasteiger charge is 2.48. The number of aryl methyl sites for hydroxylation is 1. The Kier molecular flexibility index (Phi) is 6.70. The van der Waals surface area contributed by atoms with E-state index in [-0.39, 0.29) is 12.5 Å². The number of carboxylic acids is 1. The summed E-state index contributed by atoms with van der Waals surface area (Å²) in [5.41, 5.74) is 2.21. The van der Waals surface area contributed by atoms with Gasteiger partial charge < -0.3 is 19.1 Å². The van der Waals surface area contributed by atoms with Gasteiger partial charge in [-0.25, -0.2) is 9.59 Å². The average Bonchev–Trinajstić information content (AvgIpc) is 3.63. The Morgan fingerprint density at radius 3 is 2.47 bits per heavy atom. The number of hydrogen-bond acceptors (Lipinski definition) is 6. The van der Waals surface area contributed by atoms with Crippen molar-refractivity contribution in [3.63, 3.8) is 0 Å². The van der Waals surface area contributed by atoms with Crippen molar-refractivity contribution in [3.05, 3.63) is 71.4 Å². The minimum Gasteiger partial charge on any atom is -0.479 e. The zero-order valence-corrected chi connectivity index (χ0v) is 19.4. The molecule has 0 saturated heterocycles. The first kappa shape index (κ1) is 23.5. The monoisotopic (exact) mass is 464 g/mol. The number of nitrogens with zero attached hydrogens (tertiary/aromatic N) is 1. The van der Waals surface area contributed by atoms with E-state index in [9.17, 15) is 14.7 Å². The van der Waals surface area contributed by atoms with Crippen molar-refractivity contribution in [1.82, 2.24) is 5.16 Å². The van der Waals surface area contributed by atoms with Crippen LogP contribution in [0.4, 0.5) is 10.5 Å². The fourth-order valence-corrected chi connectivity index (χ4v) is 3.77. The second kappa shape index (κ2) is 9.69. The normalized spacial score (nSPS) is 15.9. The van der Waals surface area contributed by atoms with Crippen LogP contribution in [-0.4, -0.2) is 27.9 Å². The van der Waals surface area contributed by atoms with Gasteiger partial charge >= 0.3 is 12.1 Å². The highest BCUT2D eigenvalue weighted by molar-refractivity contribution is 5.90. The van der Waals surface area contributed by atoms with Gasteiger partial charge in [0.2, 0.25) is 0 Å². The summed E-state index contributed by atoms with van der Waals surface area (Å²) in [7, 11) is 0. The fourth-order valence-electron chi connectivity index (χ4n) is 3.77. The fraction of sp³-hybridized carbons (Fsp3) is 0.346. The van der Waals surface area contributed by atoms with Gasteiger partial charge in [-0.05, 0) is 50.7 Å². The predicted molar refractivity (Wildman–Crippen MR) is 125 cm³/mol. The van der Waals surface area contributed by atoms with E-state index in [1.807, 2.05) is 54.6 Å². The molecular weight excluding hydrogens is 436 g/mol. The topological polar surface area (TPSA) is 111 Å². The van der Waals surface area contributed by atoms with E-state index in [1.165, 1.54) is 0 Å². The van der Waals surface area contributed by atoms with Crippen LogP contribution in [-0.2, 0) is 20.9 Å². The molecule has 2 N–H and O–H groups in total. The molecule has 8 heteroatoms. The Labute approximate surface area is 197 Å². The molecule has 0 bridgehead atoms. The number of amides is 1. The van der Waals surface area contributed by atoms with Gasteiger partial charge in [0.25, 0.3) is 0 Å². The summed E-state index contributed by atoms with van der Waals surface area (Å²) in [5.74, 6) is -0.477. The molecule has 1 aliphatic carbocycles. The molecule has 1 aliphatic rings. The lowest BCUT2D eigenvalue weighted by Gasteiger charge is -2.25. The zero-order valence-electron chi connectivity index (χ0n) is 19.4. The largest absolute Gasteiger partial charge is 0.479 e. The maximum atomic E-state index is 12.5. The number of carbonyl (C=O) groups is 2. The second-order valence-corrected chi connectivity index (χ2v) is 8.73. The molecule has 4 rings (SSSR count). The van der Waals surface area contributed by atoms with Crippen molar-refractivity contribution >= 4 is 17.7 Å². The van der Waals surface area contributed by atoms with Crippen LogP contribution >= 0.6 is 0 Å². The quantitative estimate of drug-likeness (QED) is 0.416. The molecule has 34 heavy (non-hydrogen) atoms. The van der Waals surface area contributed by atoms with Crippen LogP contribution in [0.3, 0.4) is 0 Å². The summed E-state index contributed by atoms with van der Waals surface area (Å²) in [6.45, 7) is 5.35. The van der Waals surface area contributed by atoms with E-state index < -0.39 is 23.8 Å². The van der Waals surface area contributed by atoms with Crippen LogP contribution in [0.5, 0.6) is 0 Å². The van der Waals surface area contributed by atoms with Crippen molar-refractivity contribution in [2.24, 2.45) is 5.92 Å². The molecule has 2 aromatic carbocycles. The lowest BCUT2D eigenvalue weighted by molar-refractivity contribution is -0.168. The number of aliphatic carboxylic acids is 1. The summed E-state index contributed by atoms with van der Waals surface area (Å²) >= 11 is 0. The van der Waals surface area contributed by atoms with Crippen LogP contribution in [0.25, 0.3) is 11.3 Å². The number of nitrogens with one attached hydrogen (secondary N) is 1. The minimum atomic E-state index is -1.17. The third-order valence-electron chi connectivity index (χ3n) is 6.18. The molecule has 1 amide bonds. The van der Waals surface area contributed by atoms with Crippen LogP contribution in [0.15, 0.2) is 59.1 Å². The molecule has 1 aromatic heterocycles. The Morgan fingerprint density at radius 1 is 1.18 bits per heavy atom. The van der Waals surface area contributed by atoms with E-state index in [2.05, 4.69) is 10.5 Å². The predicted octanol–water partition coefficient (Wildman–Crippen LogP) is 5.73. The molecule has 1 saturated carbocycles. The molecule has 0 spiro atoms. The summed E-state index contributed by atoms with van der Waals surface area (Å²) in [6, 6.07) is 16.8. The molecule has 178 valence electrons. The molecule has 1 heterocycles. The maximum absolute atomic E-state index is 12.5. The molecule has 1 fully saturated rings. The standard InChI is InChI=1S/C26H28N2O6/c1-16-22(27-25(31)33-17(2)19-7-5-4-6-8-19)23(34-28-16)20-11-9-18(10-12-20)15-32-26(3,24(29)30)21-13-14-21/h4-12,17,21H,13-15H2,1-3H3,(H,27,31)(H,29,30)/t17-,26?/m1/s1. The van der Waals surface area contributed by atoms with E-state index in [1.54, 1.807) is 20.8 Å². The van der Waals surface area contributed by atoms with Crippen molar-refractivity contribution in [2.45, 2.75) is 51.9 Å². The summed E-state index contributed by atoms with van der Waals surface area (Å²) in [6.07, 6.45) is 0.710. The SMILES string of the molecule is Cc1noc(-c2ccc(COC(C)(C(=O)O)C3CC3)cc2)c1NC(=O)O[C@H](C)c1ccccc1. The molecule has 2 atom stereocenters. The van der Waals surface area contributed by atoms with Gasteiger partial charge in [0.1, 0.15) is 17.5 Å². The number of carbonyl (C=O) groups excluding carboxylic acids is 1. The van der Waals surface area contributed by atoms with Crippen LogP contribution in [0.1, 0.15) is 49.6 Å². The maximum Gasteiger partial charge on any atom is 0.412 e. The van der Waals surface area contributed by atoms with E-state index >= 15 is 0 Å². The van der Waals surface area contributed by atoms with E-state index in [4.69, 9.17) is 14.0 Å². The number of rotatable bonds is 9. The van der Waals surface area contributed by atoms with Crippen LogP contribution < -0.4 is 5.32 Å². The second-order valence-electron chi connectivity index (χ2n) is 8.73. The van der Waals surface area contributed by atoms with E-state index in [0.29, 0.717) is 22.7 Å². The first-order valence-corrected chi connectivity index (χ1v) is 11.2. The minimum absolute atomic E-state index is 0.0550. The van der Waals surface area contributed by atoms with Crippen LogP contribution in [0, 0.1) is 12.8 Å². The lowest BCUT2D eigenvalue weighted by Crippen LogP contribution is -2.40. The third kappa shape index (κ3) is 5.12. The molecular formula is C26H28N2O6. The zero-order chi connectivity index (χ0) is 24.3. The molecule has 1 unspecified atom stereocenters. The Morgan fingerprint density at radius 2 is 1.85 bits per heavy atom. The summed E-state index contributed by atoms with van der Waals surface area (Å²) < 4.78 is 16.8.